The maximum atomic E-state index is 12.4. The molecule has 0 unspecified atom stereocenters. The SMILES string of the molecule is [2H]c1c2ccc(S(C)(=O)=O)cc2c([2H])n1CC(F)(F)F. The Morgan fingerprint density at radius 3 is 2.44 bits per heavy atom. The molecule has 3 nitrogen and oxygen atoms in total. The van der Waals surface area contributed by atoms with Crippen LogP contribution in [-0.2, 0) is 16.4 Å². The predicted molar refractivity (Wildman–Crippen MR) is 61.1 cm³/mol. The minimum Gasteiger partial charge on any atom is -0.344 e. The lowest BCUT2D eigenvalue weighted by atomic mass is 10.2. The average Bonchev–Trinajstić information content (AvgIpc) is 2.51. The number of hydrogen-bond donors (Lipinski definition) is 0. The Kier molecular flexibility index (Phi) is 2.32. The molecule has 0 spiro atoms. The van der Waals surface area contributed by atoms with Gasteiger partial charge in [-0.05, 0) is 17.5 Å². The fourth-order valence-corrected chi connectivity index (χ4v) is 2.17. The van der Waals surface area contributed by atoms with Crippen molar-refractivity contribution in [1.29, 1.82) is 0 Å². The third-order valence-electron chi connectivity index (χ3n) is 2.27. The van der Waals surface area contributed by atoms with Crippen molar-refractivity contribution < 1.29 is 24.3 Å². The third kappa shape index (κ3) is 2.84. The first-order valence-corrected chi connectivity index (χ1v) is 6.76. The topological polar surface area (TPSA) is 39.1 Å². The number of aromatic nitrogens is 1. The Morgan fingerprint density at radius 2 is 1.89 bits per heavy atom. The van der Waals surface area contributed by atoms with Crippen LogP contribution in [0.2, 0.25) is 0 Å². The molecule has 0 N–H and O–H groups in total. The number of sulfone groups is 1. The van der Waals surface area contributed by atoms with E-state index < -0.39 is 34.9 Å². The van der Waals surface area contributed by atoms with Gasteiger partial charge in [0.25, 0.3) is 0 Å². The summed E-state index contributed by atoms with van der Waals surface area (Å²) in [6.07, 6.45) is -4.57. The highest BCUT2D eigenvalue weighted by atomic mass is 32.2. The lowest BCUT2D eigenvalue weighted by molar-refractivity contribution is -0.140. The standard InChI is InChI=1S/C11H10F3NO2S/c1-18(16,17)10-3-2-8-5-15(6-9(8)4-10)7-11(12,13)14/h2-6H,7H2,1H3/i5D,6D. The molecule has 0 aliphatic rings. The molecule has 0 aliphatic carbocycles. The molecule has 2 rings (SSSR count). The van der Waals surface area contributed by atoms with Crippen molar-refractivity contribution in [1.82, 2.24) is 4.57 Å². The smallest absolute Gasteiger partial charge is 0.344 e. The average molecular weight is 279 g/mol. The number of halogens is 3. The zero-order valence-electron chi connectivity index (χ0n) is 11.2. The Labute approximate surface area is 105 Å². The highest BCUT2D eigenvalue weighted by Crippen LogP contribution is 2.23. The van der Waals surface area contributed by atoms with Crippen molar-refractivity contribution in [2.45, 2.75) is 17.6 Å². The molecule has 7 heteroatoms. The third-order valence-corrected chi connectivity index (χ3v) is 3.38. The highest BCUT2D eigenvalue weighted by molar-refractivity contribution is 7.90. The van der Waals surface area contributed by atoms with Crippen LogP contribution in [0.4, 0.5) is 13.2 Å². The van der Waals surface area contributed by atoms with Crippen molar-refractivity contribution >= 4 is 20.6 Å². The summed E-state index contributed by atoms with van der Waals surface area (Å²) >= 11 is 0. The summed E-state index contributed by atoms with van der Waals surface area (Å²) in [5.74, 6) is 0. The van der Waals surface area contributed by atoms with E-state index >= 15 is 0 Å². The number of nitrogens with zero attached hydrogens (tertiary/aromatic N) is 1. The molecule has 0 amide bonds. The van der Waals surface area contributed by atoms with Crippen molar-refractivity contribution in [3.05, 3.63) is 30.5 Å². The Balaban J connectivity index is 2.70. The normalized spacial score (nSPS) is 14.7. The van der Waals surface area contributed by atoms with Crippen LogP contribution in [0.15, 0.2) is 35.4 Å². The summed E-state index contributed by atoms with van der Waals surface area (Å²) in [6, 6.07) is 3.59. The van der Waals surface area contributed by atoms with Crippen LogP contribution >= 0.6 is 0 Å². The Bertz CT molecular complexity index is 781. The van der Waals surface area contributed by atoms with Crippen LogP contribution in [0.25, 0.3) is 10.8 Å². The minimum absolute atomic E-state index is 0.0159. The lowest BCUT2D eigenvalue weighted by Gasteiger charge is -2.06. The summed E-state index contributed by atoms with van der Waals surface area (Å²) in [7, 11) is -3.53. The Hall–Kier alpha value is -1.50. The van der Waals surface area contributed by atoms with Gasteiger partial charge in [-0.1, -0.05) is 6.07 Å². The van der Waals surface area contributed by atoms with E-state index in [1.165, 1.54) is 12.1 Å². The summed E-state index contributed by atoms with van der Waals surface area (Å²) in [4.78, 5) is -0.0948. The van der Waals surface area contributed by atoms with Gasteiger partial charge in [0.2, 0.25) is 0 Å². The molecule has 0 saturated carbocycles. The molecule has 0 radical (unpaired) electrons. The lowest BCUT2D eigenvalue weighted by Crippen LogP contribution is -2.16. The second-order valence-electron chi connectivity index (χ2n) is 3.90. The monoisotopic (exact) mass is 279 g/mol. The number of hydrogen-bond acceptors (Lipinski definition) is 2. The molecule has 1 heterocycles. The van der Waals surface area contributed by atoms with Gasteiger partial charge in [-0.2, -0.15) is 13.2 Å². The van der Waals surface area contributed by atoms with E-state index in [4.69, 9.17) is 2.74 Å². The van der Waals surface area contributed by atoms with E-state index in [1.807, 2.05) is 0 Å². The van der Waals surface area contributed by atoms with Crippen LogP contribution in [-0.4, -0.2) is 25.4 Å². The maximum absolute atomic E-state index is 12.4. The molecule has 2 aromatic rings. The summed E-state index contributed by atoms with van der Waals surface area (Å²) in [6.45, 7) is -1.45. The number of fused-ring (bicyclic) bond motifs is 1. The first-order valence-electron chi connectivity index (χ1n) is 5.87. The van der Waals surface area contributed by atoms with Crippen LogP contribution in [0.1, 0.15) is 2.74 Å². The Morgan fingerprint density at radius 1 is 1.28 bits per heavy atom. The quantitative estimate of drug-likeness (QED) is 0.847. The predicted octanol–water partition coefficient (Wildman–Crippen LogP) is 2.61. The van der Waals surface area contributed by atoms with Gasteiger partial charge >= 0.3 is 6.18 Å². The maximum Gasteiger partial charge on any atom is 0.406 e. The molecule has 0 aliphatic heterocycles. The molecule has 1 aromatic carbocycles. The van der Waals surface area contributed by atoms with Crippen LogP contribution in [0, 0.1) is 0 Å². The molecule has 98 valence electrons. The fraction of sp³-hybridized carbons (Fsp3) is 0.273. The van der Waals surface area contributed by atoms with E-state index in [2.05, 4.69) is 0 Å². The van der Waals surface area contributed by atoms with E-state index in [9.17, 15) is 21.6 Å². The molecular weight excluding hydrogens is 267 g/mol. The van der Waals surface area contributed by atoms with Gasteiger partial charge in [-0.3, -0.25) is 0 Å². The van der Waals surface area contributed by atoms with Gasteiger partial charge in [-0.25, -0.2) is 8.42 Å². The molecule has 0 bridgehead atoms. The number of rotatable bonds is 2. The molecular formula is C11H10F3NO2S. The molecule has 0 fully saturated rings. The summed E-state index contributed by atoms with van der Waals surface area (Å²) < 4.78 is 75.9. The van der Waals surface area contributed by atoms with E-state index in [0.29, 0.717) is 4.57 Å². The van der Waals surface area contributed by atoms with Gasteiger partial charge < -0.3 is 4.57 Å². The van der Waals surface area contributed by atoms with Crippen LogP contribution < -0.4 is 0 Å². The zero-order chi connectivity index (χ0) is 15.3. The molecule has 0 saturated heterocycles. The van der Waals surface area contributed by atoms with Crippen LogP contribution in [0.5, 0.6) is 0 Å². The highest BCUT2D eigenvalue weighted by Gasteiger charge is 2.27. The first kappa shape index (κ1) is 10.4. The van der Waals surface area contributed by atoms with Crippen molar-refractivity contribution in [3.63, 3.8) is 0 Å². The largest absolute Gasteiger partial charge is 0.406 e. The molecule has 1 aromatic heterocycles. The summed E-state index contributed by atoms with van der Waals surface area (Å²) in [5.41, 5.74) is 0. The van der Waals surface area contributed by atoms with Gasteiger partial charge in [0, 0.05) is 24.0 Å². The van der Waals surface area contributed by atoms with E-state index in [1.54, 1.807) is 0 Å². The fourth-order valence-electron chi connectivity index (χ4n) is 1.52. The van der Waals surface area contributed by atoms with Crippen molar-refractivity contribution in [2.75, 3.05) is 6.26 Å². The number of benzene rings is 1. The molecule has 0 atom stereocenters. The second kappa shape index (κ2) is 4.01. The van der Waals surface area contributed by atoms with E-state index in [0.717, 1.165) is 12.3 Å². The van der Waals surface area contributed by atoms with Crippen molar-refractivity contribution in [2.24, 2.45) is 0 Å². The first-order chi connectivity index (χ1) is 9.00. The van der Waals surface area contributed by atoms with Gasteiger partial charge in [0.15, 0.2) is 9.84 Å². The van der Waals surface area contributed by atoms with E-state index in [-0.39, 0.29) is 15.7 Å². The minimum atomic E-state index is -4.56. The van der Waals surface area contributed by atoms with Gasteiger partial charge in [0.05, 0.1) is 7.64 Å². The second-order valence-corrected chi connectivity index (χ2v) is 5.92. The van der Waals surface area contributed by atoms with Crippen molar-refractivity contribution in [3.8, 4) is 0 Å². The number of alkyl halides is 3. The molecule has 18 heavy (non-hydrogen) atoms. The van der Waals surface area contributed by atoms with Gasteiger partial charge in [-0.15, -0.1) is 0 Å². The van der Waals surface area contributed by atoms with Gasteiger partial charge in [0.1, 0.15) is 6.54 Å². The zero-order valence-corrected chi connectivity index (χ0v) is 10.1. The van der Waals surface area contributed by atoms with Crippen LogP contribution in [0.3, 0.4) is 0 Å². The summed E-state index contributed by atoms with van der Waals surface area (Å²) in [5, 5.41) is 0.133.